The van der Waals surface area contributed by atoms with Crippen LogP contribution in [0.5, 0.6) is 0 Å². The summed E-state index contributed by atoms with van der Waals surface area (Å²) >= 11 is 3.32. The lowest BCUT2D eigenvalue weighted by Crippen LogP contribution is -2.34. The summed E-state index contributed by atoms with van der Waals surface area (Å²) in [5, 5.41) is 0.581. The second-order valence-corrected chi connectivity index (χ2v) is 3.72. The van der Waals surface area contributed by atoms with Gasteiger partial charge in [-0.05, 0) is 17.7 Å². The Morgan fingerprint density at radius 2 is 2.06 bits per heavy atom. The second kappa shape index (κ2) is 5.61. The molecular weight excluding hydrogens is 270 g/mol. The lowest BCUT2D eigenvalue weighted by Gasteiger charge is -2.19. The number of benzene rings is 1. The van der Waals surface area contributed by atoms with Crippen molar-refractivity contribution in [3.8, 4) is 0 Å². The van der Waals surface area contributed by atoms with Crippen molar-refractivity contribution in [2.75, 3.05) is 4.90 Å². The quantitative estimate of drug-likeness (QED) is 0.631. The Morgan fingerprint density at radius 3 is 2.56 bits per heavy atom. The highest BCUT2D eigenvalue weighted by Crippen LogP contribution is 2.23. The number of nitrogens with zero attached hydrogens (tertiary/aromatic N) is 1. The third kappa shape index (κ3) is 2.58. The van der Waals surface area contributed by atoms with Crippen LogP contribution in [0.1, 0.15) is 12.5 Å². The Hall–Kier alpha value is -1.42. The second-order valence-electron chi connectivity index (χ2n) is 3.16. The van der Waals surface area contributed by atoms with Gasteiger partial charge in [-0.1, -0.05) is 40.7 Å². The molecule has 0 aromatic heterocycles. The largest absolute Gasteiger partial charge is 0.274 e. The maximum Gasteiger partial charge on any atom is 0.257 e. The number of halogens is 1. The number of hydrogen-bond donors (Lipinski definition) is 0. The molecule has 3 nitrogen and oxygen atoms in total. The molecule has 4 heteroatoms. The van der Waals surface area contributed by atoms with E-state index in [1.807, 2.05) is 12.1 Å². The maximum absolute atomic E-state index is 11.6. The molecule has 0 fully saturated rings. The highest BCUT2D eigenvalue weighted by atomic mass is 79.9. The monoisotopic (exact) mass is 281 g/mol. The third-order valence-electron chi connectivity index (χ3n) is 2.09. The standard InChI is InChI=1S/C12H12BrNO2/c1-3-12(16)14(9(2)15)11-7-5-4-6-10(11)8-13/h3-7H,1,8H2,2H3. The fourth-order valence-corrected chi connectivity index (χ4v) is 1.85. The Morgan fingerprint density at radius 1 is 1.44 bits per heavy atom. The molecule has 1 aromatic rings. The first-order valence-corrected chi connectivity index (χ1v) is 5.85. The van der Waals surface area contributed by atoms with Crippen LogP contribution in [0.3, 0.4) is 0 Å². The third-order valence-corrected chi connectivity index (χ3v) is 2.69. The normalized spacial score (nSPS) is 9.62. The van der Waals surface area contributed by atoms with Crippen LogP contribution in [0.2, 0.25) is 0 Å². The van der Waals surface area contributed by atoms with Crippen molar-refractivity contribution in [2.24, 2.45) is 0 Å². The van der Waals surface area contributed by atoms with Crippen LogP contribution in [0.25, 0.3) is 0 Å². The lowest BCUT2D eigenvalue weighted by atomic mass is 10.2. The van der Waals surface area contributed by atoms with Gasteiger partial charge >= 0.3 is 0 Å². The van der Waals surface area contributed by atoms with E-state index < -0.39 is 5.91 Å². The van der Waals surface area contributed by atoms with E-state index in [1.165, 1.54) is 6.92 Å². The number of alkyl halides is 1. The zero-order chi connectivity index (χ0) is 12.1. The van der Waals surface area contributed by atoms with Crippen molar-refractivity contribution in [3.05, 3.63) is 42.5 Å². The molecule has 0 saturated heterocycles. The zero-order valence-corrected chi connectivity index (χ0v) is 10.5. The number of carbonyl (C=O) groups is 2. The van der Waals surface area contributed by atoms with E-state index in [4.69, 9.17) is 0 Å². The summed E-state index contributed by atoms with van der Waals surface area (Å²) in [5.74, 6) is -0.737. The Bertz CT molecular complexity index is 429. The van der Waals surface area contributed by atoms with E-state index >= 15 is 0 Å². The summed E-state index contributed by atoms with van der Waals surface area (Å²) in [4.78, 5) is 24.2. The fraction of sp³-hybridized carbons (Fsp3) is 0.167. The zero-order valence-electron chi connectivity index (χ0n) is 8.94. The number of carbonyl (C=O) groups excluding carboxylic acids is 2. The van der Waals surface area contributed by atoms with Crippen molar-refractivity contribution >= 4 is 33.4 Å². The number of hydrogen-bond acceptors (Lipinski definition) is 2. The van der Waals surface area contributed by atoms with Crippen LogP contribution in [-0.2, 0) is 14.9 Å². The van der Waals surface area contributed by atoms with Gasteiger partial charge < -0.3 is 0 Å². The van der Waals surface area contributed by atoms with Crippen LogP contribution in [0.4, 0.5) is 5.69 Å². The molecule has 1 rings (SSSR count). The molecule has 0 N–H and O–H groups in total. The van der Waals surface area contributed by atoms with Crippen LogP contribution < -0.4 is 4.90 Å². The van der Waals surface area contributed by atoms with Gasteiger partial charge in [-0.2, -0.15) is 0 Å². The molecule has 0 spiro atoms. The average Bonchev–Trinajstić information content (AvgIpc) is 2.29. The molecule has 0 bridgehead atoms. The van der Waals surface area contributed by atoms with E-state index in [1.54, 1.807) is 12.1 Å². The van der Waals surface area contributed by atoms with Crippen molar-refractivity contribution in [2.45, 2.75) is 12.3 Å². The van der Waals surface area contributed by atoms with Gasteiger partial charge in [-0.3, -0.25) is 9.59 Å². The van der Waals surface area contributed by atoms with Gasteiger partial charge in [-0.25, -0.2) is 4.90 Å². The minimum Gasteiger partial charge on any atom is -0.274 e. The minimum absolute atomic E-state index is 0.321. The predicted octanol–water partition coefficient (Wildman–Crippen LogP) is 2.65. The predicted molar refractivity (Wildman–Crippen MR) is 67.4 cm³/mol. The van der Waals surface area contributed by atoms with Crippen LogP contribution >= 0.6 is 15.9 Å². The highest BCUT2D eigenvalue weighted by molar-refractivity contribution is 9.08. The molecule has 0 aliphatic rings. The smallest absolute Gasteiger partial charge is 0.257 e. The van der Waals surface area contributed by atoms with E-state index in [0.717, 1.165) is 16.5 Å². The average molecular weight is 282 g/mol. The van der Waals surface area contributed by atoms with Gasteiger partial charge in [0.2, 0.25) is 5.91 Å². The van der Waals surface area contributed by atoms with Gasteiger partial charge in [0.1, 0.15) is 0 Å². The summed E-state index contributed by atoms with van der Waals surface area (Å²) in [5.41, 5.74) is 1.48. The summed E-state index contributed by atoms with van der Waals surface area (Å²) in [6, 6.07) is 7.24. The van der Waals surface area contributed by atoms with Crippen molar-refractivity contribution < 1.29 is 9.59 Å². The number of imide groups is 1. The fourth-order valence-electron chi connectivity index (χ4n) is 1.38. The Balaban J connectivity index is 3.25. The molecule has 2 amide bonds. The molecule has 0 saturated carbocycles. The molecule has 0 unspecified atom stereocenters. The molecule has 0 heterocycles. The van der Waals surface area contributed by atoms with Gasteiger partial charge in [0, 0.05) is 12.3 Å². The molecule has 0 aliphatic carbocycles. The van der Waals surface area contributed by atoms with Crippen LogP contribution in [0, 0.1) is 0 Å². The molecule has 1 aromatic carbocycles. The first-order valence-electron chi connectivity index (χ1n) is 4.72. The highest BCUT2D eigenvalue weighted by Gasteiger charge is 2.19. The van der Waals surface area contributed by atoms with E-state index in [2.05, 4.69) is 22.5 Å². The topological polar surface area (TPSA) is 37.4 Å². The molecule has 84 valence electrons. The Kier molecular flexibility index (Phi) is 4.43. The Labute approximate surface area is 103 Å². The summed E-state index contributed by atoms with van der Waals surface area (Å²) in [6.07, 6.45) is 1.13. The van der Waals surface area contributed by atoms with E-state index in [9.17, 15) is 9.59 Å². The maximum atomic E-state index is 11.6. The van der Waals surface area contributed by atoms with E-state index in [0.29, 0.717) is 11.0 Å². The molecule has 16 heavy (non-hydrogen) atoms. The van der Waals surface area contributed by atoms with Crippen molar-refractivity contribution in [1.82, 2.24) is 0 Å². The summed E-state index contributed by atoms with van der Waals surface area (Å²) in [7, 11) is 0. The first kappa shape index (κ1) is 12.6. The minimum atomic E-state index is -0.416. The first-order chi connectivity index (χ1) is 7.61. The van der Waals surface area contributed by atoms with E-state index in [-0.39, 0.29) is 5.91 Å². The SMILES string of the molecule is C=CC(=O)N(C(C)=O)c1ccccc1CBr. The lowest BCUT2D eigenvalue weighted by molar-refractivity contribution is -0.122. The van der Waals surface area contributed by atoms with Crippen molar-refractivity contribution in [1.29, 1.82) is 0 Å². The van der Waals surface area contributed by atoms with Gasteiger partial charge in [0.05, 0.1) is 5.69 Å². The number of amides is 2. The number of anilines is 1. The van der Waals surface area contributed by atoms with Gasteiger partial charge in [-0.15, -0.1) is 0 Å². The number of para-hydroxylation sites is 1. The summed E-state index contributed by atoms with van der Waals surface area (Å²) < 4.78 is 0. The molecule has 0 atom stereocenters. The van der Waals surface area contributed by atoms with Crippen LogP contribution in [-0.4, -0.2) is 11.8 Å². The van der Waals surface area contributed by atoms with Crippen molar-refractivity contribution in [3.63, 3.8) is 0 Å². The molecule has 0 aliphatic heterocycles. The number of rotatable bonds is 3. The molecule has 0 radical (unpaired) electrons. The van der Waals surface area contributed by atoms with Crippen LogP contribution in [0.15, 0.2) is 36.9 Å². The summed E-state index contributed by atoms with van der Waals surface area (Å²) in [6.45, 7) is 4.74. The van der Waals surface area contributed by atoms with Gasteiger partial charge in [0.15, 0.2) is 0 Å². The molecular formula is C12H12BrNO2. The van der Waals surface area contributed by atoms with Gasteiger partial charge in [0.25, 0.3) is 5.91 Å².